The summed E-state index contributed by atoms with van der Waals surface area (Å²) in [6, 6.07) is 23.2. The fraction of sp³-hybridized carbons (Fsp3) is 0.182. The maximum absolute atomic E-state index is 10.7. The van der Waals surface area contributed by atoms with Crippen molar-refractivity contribution in [1.29, 1.82) is 0 Å². The summed E-state index contributed by atoms with van der Waals surface area (Å²) < 4.78 is 0. The summed E-state index contributed by atoms with van der Waals surface area (Å²) in [5.41, 5.74) is 1.30. The third kappa shape index (κ3) is 2.96. The largest absolute Gasteiger partial charge is 0.503 e. The van der Waals surface area contributed by atoms with Gasteiger partial charge in [0.2, 0.25) is 4.90 Å². The van der Waals surface area contributed by atoms with E-state index in [-0.39, 0.29) is 16.3 Å². The molecule has 4 rings (SSSR count). The van der Waals surface area contributed by atoms with Gasteiger partial charge in [0.15, 0.2) is 15.5 Å². The molecule has 0 saturated carbocycles. The van der Waals surface area contributed by atoms with Crippen LogP contribution in [0.3, 0.4) is 0 Å². The molecule has 3 heteroatoms. The highest BCUT2D eigenvalue weighted by atomic mass is 32.2. The van der Waals surface area contributed by atoms with Crippen molar-refractivity contribution in [2.24, 2.45) is 0 Å². The smallest absolute Gasteiger partial charge is 0.208 e. The van der Waals surface area contributed by atoms with Gasteiger partial charge < -0.3 is 5.11 Å². The van der Waals surface area contributed by atoms with E-state index in [4.69, 9.17) is 0 Å². The molecule has 1 aliphatic rings. The van der Waals surface area contributed by atoms with Crippen LogP contribution >= 0.6 is 11.8 Å². The van der Waals surface area contributed by atoms with Crippen molar-refractivity contribution in [2.45, 2.75) is 50.7 Å². The molecule has 0 fully saturated rings. The molecule has 3 aromatic carbocycles. The van der Waals surface area contributed by atoms with Crippen molar-refractivity contribution in [3.8, 4) is 5.75 Å². The van der Waals surface area contributed by atoms with Gasteiger partial charge in [-0.05, 0) is 41.3 Å². The van der Waals surface area contributed by atoms with Crippen LogP contribution in [0.5, 0.6) is 5.75 Å². The van der Waals surface area contributed by atoms with Crippen LogP contribution in [0.2, 0.25) is 0 Å². The quantitative estimate of drug-likeness (QED) is 0.402. The molecule has 0 aromatic heterocycles. The number of aromatic hydroxyl groups is 1. The molecule has 0 aliphatic carbocycles. The molecule has 0 amide bonds. The first-order valence-corrected chi connectivity index (χ1v) is 10.4. The molecule has 0 unspecified atom stereocenters. The molecule has 1 heterocycles. The maximum Gasteiger partial charge on any atom is 0.208 e. The molecule has 126 valence electrons. The van der Waals surface area contributed by atoms with Crippen LogP contribution in [0, 0.1) is 0 Å². The standard InChI is InChI=1S/C22H20OS2/c1-22(2,3)15-12-13-16(23)21(14-15)25-19-10-6-4-8-17(19)24-18-9-5-7-11-20(18)25/h4-14H,1-3H3/p+1. The number of phenolic OH excluding ortho intramolecular Hbond substituents is 1. The van der Waals surface area contributed by atoms with Gasteiger partial charge in [-0.2, -0.15) is 0 Å². The minimum absolute atomic E-state index is 0.0510. The molecular weight excluding hydrogens is 344 g/mol. The van der Waals surface area contributed by atoms with Crippen LogP contribution in [0.4, 0.5) is 0 Å². The first-order chi connectivity index (χ1) is 11.9. The summed E-state index contributed by atoms with van der Waals surface area (Å²) in [6.07, 6.45) is 0. The maximum atomic E-state index is 10.7. The van der Waals surface area contributed by atoms with Crippen molar-refractivity contribution in [3.05, 3.63) is 72.3 Å². The summed E-state index contributed by atoms with van der Waals surface area (Å²) in [4.78, 5) is 6.18. The zero-order valence-corrected chi connectivity index (χ0v) is 16.2. The Kier molecular flexibility index (Phi) is 4.09. The fourth-order valence-corrected chi connectivity index (χ4v) is 6.84. The number of hydrogen-bond acceptors (Lipinski definition) is 2. The SMILES string of the molecule is CC(C)(C)c1ccc(O)c([S+]2c3ccccc3Sc3ccccc32)c1. The number of fused-ring (bicyclic) bond motifs is 2. The highest BCUT2D eigenvalue weighted by Crippen LogP contribution is 2.50. The van der Waals surface area contributed by atoms with Crippen molar-refractivity contribution >= 4 is 22.7 Å². The van der Waals surface area contributed by atoms with Crippen molar-refractivity contribution in [3.63, 3.8) is 0 Å². The highest BCUT2D eigenvalue weighted by Gasteiger charge is 2.40. The molecule has 25 heavy (non-hydrogen) atoms. The Balaban J connectivity index is 1.97. The Morgan fingerprint density at radius 1 is 0.760 bits per heavy atom. The lowest BCUT2D eigenvalue weighted by Gasteiger charge is -2.22. The Bertz CT molecular complexity index is 895. The lowest BCUT2D eigenvalue weighted by atomic mass is 9.87. The molecule has 1 nitrogen and oxygen atoms in total. The van der Waals surface area contributed by atoms with Crippen LogP contribution in [0.1, 0.15) is 26.3 Å². The summed E-state index contributed by atoms with van der Waals surface area (Å²) in [5, 5.41) is 10.7. The lowest BCUT2D eigenvalue weighted by molar-refractivity contribution is 0.460. The zero-order valence-electron chi connectivity index (χ0n) is 14.6. The number of phenols is 1. The van der Waals surface area contributed by atoms with Gasteiger partial charge in [-0.15, -0.1) is 0 Å². The van der Waals surface area contributed by atoms with Gasteiger partial charge in [0.25, 0.3) is 0 Å². The topological polar surface area (TPSA) is 20.2 Å². The predicted molar refractivity (Wildman–Crippen MR) is 106 cm³/mol. The van der Waals surface area contributed by atoms with E-state index in [2.05, 4.69) is 75.4 Å². The minimum atomic E-state index is -0.285. The van der Waals surface area contributed by atoms with E-state index in [9.17, 15) is 5.11 Å². The van der Waals surface area contributed by atoms with Gasteiger partial charge in [-0.25, -0.2) is 0 Å². The second kappa shape index (κ2) is 6.15. The molecule has 0 radical (unpaired) electrons. The monoisotopic (exact) mass is 365 g/mol. The fourth-order valence-electron chi connectivity index (χ4n) is 3.02. The van der Waals surface area contributed by atoms with Gasteiger partial charge in [0.1, 0.15) is 10.9 Å². The molecule has 0 saturated heterocycles. The average molecular weight is 366 g/mol. The Labute approximate surface area is 156 Å². The summed E-state index contributed by atoms with van der Waals surface area (Å²) >= 11 is 1.82. The van der Waals surface area contributed by atoms with E-state index in [1.165, 1.54) is 25.1 Å². The molecule has 1 aliphatic heterocycles. The summed E-state index contributed by atoms with van der Waals surface area (Å²) in [6.45, 7) is 6.64. The highest BCUT2D eigenvalue weighted by molar-refractivity contribution is 8.04. The molecule has 0 atom stereocenters. The number of rotatable bonds is 1. The van der Waals surface area contributed by atoms with Crippen LogP contribution in [0.25, 0.3) is 0 Å². The van der Waals surface area contributed by atoms with Gasteiger partial charge in [0, 0.05) is 6.07 Å². The average Bonchev–Trinajstić information content (AvgIpc) is 2.59. The van der Waals surface area contributed by atoms with Crippen LogP contribution in [-0.4, -0.2) is 5.11 Å². The van der Waals surface area contributed by atoms with E-state index < -0.39 is 0 Å². The van der Waals surface area contributed by atoms with E-state index >= 15 is 0 Å². The molecular formula is C22H21OS2+. The molecule has 0 bridgehead atoms. The Hall–Kier alpha value is -1.84. The molecule has 0 spiro atoms. The second-order valence-corrected chi connectivity index (χ2v) is 10.2. The first-order valence-electron chi connectivity index (χ1n) is 8.39. The van der Waals surface area contributed by atoms with Crippen LogP contribution in [-0.2, 0) is 16.3 Å². The van der Waals surface area contributed by atoms with Crippen molar-refractivity contribution in [2.75, 3.05) is 0 Å². The van der Waals surface area contributed by atoms with E-state index in [0.717, 1.165) is 4.90 Å². The predicted octanol–water partition coefficient (Wildman–Crippen LogP) is 6.25. The third-order valence-electron chi connectivity index (χ3n) is 4.40. The van der Waals surface area contributed by atoms with E-state index in [0.29, 0.717) is 5.75 Å². The Morgan fingerprint density at radius 3 is 1.88 bits per heavy atom. The molecule has 1 N–H and O–H groups in total. The zero-order chi connectivity index (χ0) is 17.6. The molecule has 3 aromatic rings. The van der Waals surface area contributed by atoms with E-state index in [1.807, 2.05) is 23.9 Å². The lowest BCUT2D eigenvalue weighted by Crippen LogP contribution is -2.15. The van der Waals surface area contributed by atoms with Crippen molar-refractivity contribution in [1.82, 2.24) is 0 Å². The van der Waals surface area contributed by atoms with E-state index in [1.54, 1.807) is 0 Å². The van der Waals surface area contributed by atoms with Gasteiger partial charge in [-0.1, -0.05) is 62.9 Å². The Morgan fingerprint density at radius 2 is 1.32 bits per heavy atom. The summed E-state index contributed by atoms with van der Waals surface area (Å²) in [7, 11) is -0.285. The van der Waals surface area contributed by atoms with Crippen molar-refractivity contribution < 1.29 is 5.11 Å². The van der Waals surface area contributed by atoms with Crippen LogP contribution < -0.4 is 0 Å². The second-order valence-electron chi connectivity index (χ2n) is 7.23. The normalized spacial score (nSPS) is 14.0. The first kappa shape index (κ1) is 16.6. The summed E-state index contributed by atoms with van der Waals surface area (Å²) in [5.74, 6) is 0.382. The number of benzene rings is 3. The minimum Gasteiger partial charge on any atom is -0.503 e. The van der Waals surface area contributed by atoms with Gasteiger partial charge in [-0.3, -0.25) is 0 Å². The van der Waals surface area contributed by atoms with Crippen LogP contribution in [0.15, 0.2) is 91.2 Å². The van der Waals surface area contributed by atoms with Gasteiger partial charge in [0.05, 0.1) is 9.79 Å². The van der Waals surface area contributed by atoms with Gasteiger partial charge >= 0.3 is 0 Å². The number of hydrogen-bond donors (Lipinski definition) is 1. The third-order valence-corrected chi connectivity index (χ3v) is 8.17.